The smallest absolute Gasteiger partial charge is 0.224 e. The number of nitrogens with one attached hydrogen (secondary N) is 1. The molecule has 104 valence electrons. The van der Waals surface area contributed by atoms with Crippen LogP contribution in [0.15, 0.2) is 48.5 Å². The first kappa shape index (κ1) is 14.1. The molecular weight excluding hydrogens is 255 g/mol. The number of carbonyl (C=O) groups excluding carboxylic acids is 1. The van der Waals surface area contributed by atoms with Crippen molar-refractivity contribution in [2.45, 2.75) is 12.8 Å². The van der Waals surface area contributed by atoms with Gasteiger partial charge in [0.1, 0.15) is 5.82 Å². The van der Waals surface area contributed by atoms with Gasteiger partial charge in [0.2, 0.25) is 5.91 Å². The molecule has 0 atom stereocenters. The minimum atomic E-state index is -0.254. The van der Waals surface area contributed by atoms with Crippen LogP contribution in [0, 0.1) is 5.82 Å². The lowest BCUT2D eigenvalue weighted by atomic mass is 10.1. The summed E-state index contributed by atoms with van der Waals surface area (Å²) in [7, 11) is 0. The van der Waals surface area contributed by atoms with Gasteiger partial charge in [-0.2, -0.15) is 0 Å². The molecule has 0 saturated heterocycles. The maximum Gasteiger partial charge on any atom is 0.224 e. The molecule has 4 heteroatoms. The van der Waals surface area contributed by atoms with E-state index < -0.39 is 0 Å². The first-order valence-electron chi connectivity index (χ1n) is 6.49. The number of anilines is 1. The van der Waals surface area contributed by atoms with Gasteiger partial charge in [-0.15, -0.1) is 0 Å². The lowest BCUT2D eigenvalue weighted by molar-refractivity contribution is -0.120. The molecule has 0 unspecified atom stereocenters. The predicted molar refractivity (Wildman–Crippen MR) is 77.7 cm³/mol. The third-order valence-corrected chi connectivity index (χ3v) is 2.97. The van der Waals surface area contributed by atoms with Crippen LogP contribution in [0.4, 0.5) is 10.1 Å². The number of halogens is 1. The van der Waals surface area contributed by atoms with Crippen molar-refractivity contribution in [3.05, 3.63) is 65.5 Å². The van der Waals surface area contributed by atoms with Gasteiger partial charge in [0, 0.05) is 12.2 Å². The first-order chi connectivity index (χ1) is 9.63. The van der Waals surface area contributed by atoms with E-state index in [0.717, 1.165) is 11.1 Å². The molecule has 3 N–H and O–H groups in total. The fourth-order valence-corrected chi connectivity index (χ4v) is 1.92. The summed E-state index contributed by atoms with van der Waals surface area (Å²) in [5.74, 6) is -0.304. The normalized spacial score (nSPS) is 10.2. The highest BCUT2D eigenvalue weighted by atomic mass is 19.1. The second kappa shape index (κ2) is 6.70. The maximum absolute atomic E-state index is 13.0. The van der Waals surface area contributed by atoms with E-state index in [2.05, 4.69) is 5.32 Å². The van der Waals surface area contributed by atoms with E-state index in [9.17, 15) is 9.18 Å². The van der Waals surface area contributed by atoms with Crippen molar-refractivity contribution in [3.63, 3.8) is 0 Å². The van der Waals surface area contributed by atoms with Gasteiger partial charge in [-0.1, -0.05) is 24.3 Å². The van der Waals surface area contributed by atoms with Crippen LogP contribution in [-0.4, -0.2) is 12.5 Å². The Morgan fingerprint density at radius 2 is 1.85 bits per heavy atom. The highest BCUT2D eigenvalue weighted by Gasteiger charge is 2.03. The summed E-state index contributed by atoms with van der Waals surface area (Å²) in [5.41, 5.74) is 8.06. The molecule has 2 aromatic carbocycles. The van der Waals surface area contributed by atoms with Crippen LogP contribution in [0.1, 0.15) is 11.1 Å². The van der Waals surface area contributed by atoms with Crippen LogP contribution >= 0.6 is 0 Å². The maximum atomic E-state index is 13.0. The van der Waals surface area contributed by atoms with Gasteiger partial charge in [0.15, 0.2) is 0 Å². The van der Waals surface area contributed by atoms with Crippen molar-refractivity contribution >= 4 is 11.6 Å². The third-order valence-electron chi connectivity index (χ3n) is 2.97. The molecule has 2 aromatic rings. The largest absolute Gasteiger partial charge is 0.399 e. The summed E-state index contributed by atoms with van der Waals surface area (Å²) in [6.45, 7) is 0.497. The Hall–Kier alpha value is -2.36. The summed E-state index contributed by atoms with van der Waals surface area (Å²) in [6.07, 6.45) is 0.939. The number of rotatable bonds is 5. The standard InChI is InChI=1S/C16H17FN2O/c17-14-3-1-2-12(10-14)8-9-19-16(20)11-13-4-6-15(18)7-5-13/h1-7,10H,8-9,11,18H2,(H,19,20). The van der Waals surface area contributed by atoms with Gasteiger partial charge >= 0.3 is 0 Å². The molecule has 0 aromatic heterocycles. The van der Waals surface area contributed by atoms with E-state index in [-0.39, 0.29) is 11.7 Å². The first-order valence-corrected chi connectivity index (χ1v) is 6.49. The number of carbonyl (C=O) groups is 1. The molecule has 0 aliphatic rings. The Labute approximate surface area is 117 Å². The zero-order valence-electron chi connectivity index (χ0n) is 11.1. The Morgan fingerprint density at radius 1 is 1.10 bits per heavy atom. The average Bonchev–Trinajstić information content (AvgIpc) is 2.41. The number of nitrogens with two attached hydrogens (primary N) is 1. The minimum Gasteiger partial charge on any atom is -0.399 e. The van der Waals surface area contributed by atoms with Crippen molar-refractivity contribution in [2.24, 2.45) is 0 Å². The number of amides is 1. The molecule has 20 heavy (non-hydrogen) atoms. The minimum absolute atomic E-state index is 0.0498. The van der Waals surface area contributed by atoms with Crippen LogP contribution in [0.3, 0.4) is 0 Å². The molecule has 1 amide bonds. The summed E-state index contributed by atoms with van der Waals surface area (Å²) < 4.78 is 13.0. The van der Waals surface area contributed by atoms with Crippen molar-refractivity contribution < 1.29 is 9.18 Å². The van der Waals surface area contributed by atoms with Gasteiger partial charge < -0.3 is 11.1 Å². The molecule has 0 spiro atoms. The zero-order valence-corrected chi connectivity index (χ0v) is 11.1. The molecule has 0 radical (unpaired) electrons. The number of hydrogen-bond acceptors (Lipinski definition) is 2. The van der Waals surface area contributed by atoms with Gasteiger partial charge in [0.25, 0.3) is 0 Å². The van der Waals surface area contributed by atoms with E-state index >= 15 is 0 Å². The molecule has 2 rings (SSSR count). The van der Waals surface area contributed by atoms with E-state index in [4.69, 9.17) is 5.73 Å². The van der Waals surface area contributed by atoms with Crippen LogP contribution in [0.2, 0.25) is 0 Å². The van der Waals surface area contributed by atoms with Crippen LogP contribution in [-0.2, 0) is 17.6 Å². The molecule has 0 heterocycles. The monoisotopic (exact) mass is 272 g/mol. The fourth-order valence-electron chi connectivity index (χ4n) is 1.92. The van der Waals surface area contributed by atoms with Crippen molar-refractivity contribution in [3.8, 4) is 0 Å². The van der Waals surface area contributed by atoms with Gasteiger partial charge in [-0.25, -0.2) is 4.39 Å². The van der Waals surface area contributed by atoms with Gasteiger partial charge in [-0.05, 0) is 41.8 Å². The van der Waals surface area contributed by atoms with Crippen molar-refractivity contribution in [1.82, 2.24) is 5.32 Å². The highest BCUT2D eigenvalue weighted by molar-refractivity contribution is 5.78. The number of benzene rings is 2. The van der Waals surface area contributed by atoms with Crippen molar-refractivity contribution in [2.75, 3.05) is 12.3 Å². The molecular formula is C16H17FN2O. The summed E-state index contributed by atoms with van der Waals surface area (Å²) in [4.78, 5) is 11.7. The SMILES string of the molecule is Nc1ccc(CC(=O)NCCc2cccc(F)c2)cc1. The Balaban J connectivity index is 1.76. The van der Waals surface area contributed by atoms with E-state index in [0.29, 0.717) is 25.1 Å². The fraction of sp³-hybridized carbons (Fsp3) is 0.188. The Bertz CT molecular complexity index is 581. The highest BCUT2D eigenvalue weighted by Crippen LogP contribution is 2.06. The second-order valence-electron chi connectivity index (χ2n) is 4.65. The van der Waals surface area contributed by atoms with E-state index in [1.807, 2.05) is 18.2 Å². The lowest BCUT2D eigenvalue weighted by Crippen LogP contribution is -2.27. The topological polar surface area (TPSA) is 55.1 Å². The summed E-state index contributed by atoms with van der Waals surface area (Å²) in [5, 5.41) is 2.82. The average molecular weight is 272 g/mol. The zero-order chi connectivity index (χ0) is 14.4. The molecule has 3 nitrogen and oxygen atoms in total. The predicted octanol–water partition coefficient (Wildman–Crippen LogP) is 2.31. The van der Waals surface area contributed by atoms with Crippen LogP contribution in [0.25, 0.3) is 0 Å². The van der Waals surface area contributed by atoms with Crippen molar-refractivity contribution in [1.29, 1.82) is 0 Å². The number of nitrogen functional groups attached to an aromatic ring is 1. The molecule has 0 aliphatic carbocycles. The summed E-state index contributed by atoms with van der Waals surface area (Å²) >= 11 is 0. The van der Waals surface area contributed by atoms with Gasteiger partial charge in [-0.3, -0.25) is 4.79 Å². The second-order valence-corrected chi connectivity index (χ2v) is 4.65. The van der Waals surface area contributed by atoms with Gasteiger partial charge in [0.05, 0.1) is 6.42 Å². The third kappa shape index (κ3) is 4.39. The molecule has 0 bridgehead atoms. The van der Waals surface area contributed by atoms with E-state index in [1.54, 1.807) is 18.2 Å². The van der Waals surface area contributed by atoms with Crippen LogP contribution in [0.5, 0.6) is 0 Å². The van der Waals surface area contributed by atoms with E-state index in [1.165, 1.54) is 12.1 Å². The van der Waals surface area contributed by atoms with Crippen LogP contribution < -0.4 is 11.1 Å². The lowest BCUT2D eigenvalue weighted by Gasteiger charge is -2.06. The quantitative estimate of drug-likeness (QED) is 0.821. The summed E-state index contributed by atoms with van der Waals surface area (Å²) in [6, 6.07) is 13.6. The molecule has 0 fully saturated rings. The molecule has 0 aliphatic heterocycles. The Kier molecular flexibility index (Phi) is 4.71. The number of hydrogen-bond donors (Lipinski definition) is 2. The molecule has 0 saturated carbocycles. The Morgan fingerprint density at radius 3 is 2.55 bits per heavy atom.